The predicted octanol–water partition coefficient (Wildman–Crippen LogP) is 4.71. The average Bonchev–Trinajstić information content (AvgIpc) is 3.23. The Morgan fingerprint density at radius 2 is 1.02 bits per heavy atom. The third-order valence-electron chi connectivity index (χ3n) is 10.5. The van der Waals surface area contributed by atoms with Crippen molar-refractivity contribution in [3.63, 3.8) is 0 Å². The average molecular weight is 827 g/mol. The number of Topliss-reactive ketones (excluding diaryl/α,β-unsaturated/α-hetero) is 1. The van der Waals surface area contributed by atoms with E-state index in [9.17, 15) is 28.8 Å². The molecule has 12 nitrogen and oxygen atoms in total. The molecule has 5 aromatic rings. The fourth-order valence-corrected chi connectivity index (χ4v) is 7.45. The molecule has 0 heterocycles. The third kappa shape index (κ3) is 13.0. The Balaban J connectivity index is 1.24. The van der Waals surface area contributed by atoms with Gasteiger partial charge < -0.3 is 31.9 Å². The molecule has 5 rings (SSSR count). The molecule has 0 fully saturated rings. The van der Waals surface area contributed by atoms with Gasteiger partial charge in [-0.05, 0) is 65.9 Å². The van der Waals surface area contributed by atoms with Crippen LogP contribution in [-0.2, 0) is 48.0 Å². The smallest absolute Gasteiger partial charge is 0.243 e. The molecule has 0 saturated heterocycles. The normalized spacial score (nSPS) is 13.0. The molecular formula is C49H58N6O6. The molecule has 12 heteroatoms. The zero-order valence-corrected chi connectivity index (χ0v) is 35.8. The molecular weight excluding hydrogens is 769 g/mol. The second-order valence-electron chi connectivity index (χ2n) is 16.6. The van der Waals surface area contributed by atoms with Crippen LogP contribution in [0.4, 0.5) is 0 Å². The van der Waals surface area contributed by atoms with E-state index in [-0.39, 0.29) is 42.9 Å². The molecule has 6 N–H and O–H groups in total. The largest absolute Gasteiger partial charge is 0.346 e. The maximum Gasteiger partial charge on any atom is 0.243 e. The van der Waals surface area contributed by atoms with Gasteiger partial charge in [0.25, 0.3) is 0 Å². The van der Waals surface area contributed by atoms with E-state index in [1.54, 1.807) is 27.7 Å². The number of carbonyl (C=O) groups excluding carboxylic acids is 6. The summed E-state index contributed by atoms with van der Waals surface area (Å²) in [5, 5.41) is 20.8. The maximum atomic E-state index is 14.0. The Hall–Kier alpha value is -6.40. The van der Waals surface area contributed by atoms with Gasteiger partial charge in [0.1, 0.15) is 12.1 Å². The lowest BCUT2D eigenvalue weighted by Crippen LogP contribution is -2.59. The van der Waals surface area contributed by atoms with Gasteiger partial charge in [0.05, 0.1) is 24.7 Å². The number of carbonyl (C=O) groups is 6. The summed E-state index contributed by atoms with van der Waals surface area (Å²) in [6.07, 6.45) is 0.556. The lowest BCUT2D eigenvalue weighted by atomic mass is 9.92. The van der Waals surface area contributed by atoms with Crippen LogP contribution in [0.2, 0.25) is 0 Å². The van der Waals surface area contributed by atoms with Crippen molar-refractivity contribution < 1.29 is 28.8 Å². The minimum absolute atomic E-state index is 0.00160. The highest BCUT2D eigenvalue weighted by Crippen LogP contribution is 2.22. The first kappa shape index (κ1) is 45.7. The summed E-state index contributed by atoms with van der Waals surface area (Å²) in [7, 11) is 0. The van der Waals surface area contributed by atoms with Crippen LogP contribution in [0.5, 0.6) is 0 Å². The lowest BCUT2D eigenvalue weighted by molar-refractivity contribution is -0.133. The van der Waals surface area contributed by atoms with Crippen molar-refractivity contribution in [2.75, 3.05) is 13.1 Å². The first-order chi connectivity index (χ1) is 29.1. The maximum absolute atomic E-state index is 14.0. The number of hydrogen-bond donors (Lipinski definition) is 6. The van der Waals surface area contributed by atoms with Crippen molar-refractivity contribution in [3.05, 3.63) is 132 Å². The van der Waals surface area contributed by atoms with Crippen molar-refractivity contribution in [3.8, 4) is 0 Å². The quantitative estimate of drug-likeness (QED) is 0.0660. The van der Waals surface area contributed by atoms with Gasteiger partial charge in [-0.25, -0.2) is 0 Å². The first-order valence-electron chi connectivity index (χ1n) is 20.8. The fraction of sp³-hybridized carbons (Fsp3) is 0.347. The summed E-state index contributed by atoms with van der Waals surface area (Å²) < 4.78 is 0. The summed E-state index contributed by atoms with van der Waals surface area (Å²) in [6.45, 7) is 9.93. The number of rotatable bonds is 20. The summed E-state index contributed by atoms with van der Waals surface area (Å²) in [4.78, 5) is 81.1. The monoisotopic (exact) mass is 826 g/mol. The molecule has 0 aliphatic heterocycles. The summed E-state index contributed by atoms with van der Waals surface area (Å²) in [5.41, 5.74) is 1.54. The van der Waals surface area contributed by atoms with Crippen molar-refractivity contribution in [1.29, 1.82) is 0 Å². The molecule has 320 valence electrons. The zero-order chi connectivity index (χ0) is 44.1. The highest BCUT2D eigenvalue weighted by Gasteiger charge is 2.33. The molecule has 61 heavy (non-hydrogen) atoms. The molecule has 3 atom stereocenters. The minimum atomic E-state index is -1.07. The second-order valence-corrected chi connectivity index (χ2v) is 16.6. The van der Waals surface area contributed by atoms with Crippen molar-refractivity contribution in [2.24, 2.45) is 5.92 Å². The molecule has 0 radical (unpaired) electrons. The third-order valence-corrected chi connectivity index (χ3v) is 10.5. The van der Waals surface area contributed by atoms with E-state index in [0.29, 0.717) is 0 Å². The Morgan fingerprint density at radius 3 is 1.59 bits per heavy atom. The molecule has 0 bridgehead atoms. The van der Waals surface area contributed by atoms with Crippen LogP contribution in [0.1, 0.15) is 58.2 Å². The molecule has 5 amide bonds. The first-order valence-corrected chi connectivity index (χ1v) is 20.8. The van der Waals surface area contributed by atoms with Crippen LogP contribution in [0, 0.1) is 5.92 Å². The number of nitrogens with one attached hydrogen (secondary N) is 6. The van der Waals surface area contributed by atoms with Crippen LogP contribution < -0.4 is 31.9 Å². The Labute approximate surface area is 358 Å². The molecule has 5 aromatic carbocycles. The molecule has 0 spiro atoms. The highest BCUT2D eigenvalue weighted by molar-refractivity contribution is 5.97. The van der Waals surface area contributed by atoms with Crippen molar-refractivity contribution >= 4 is 56.9 Å². The molecule has 0 aliphatic carbocycles. The Morgan fingerprint density at radius 1 is 0.508 bits per heavy atom. The molecule has 0 aromatic heterocycles. The van der Waals surface area contributed by atoms with Gasteiger partial charge in [-0.1, -0.05) is 129 Å². The topological polar surface area (TPSA) is 175 Å². The van der Waals surface area contributed by atoms with Gasteiger partial charge in [-0.15, -0.1) is 0 Å². The SMILES string of the molecule is CC(C)NC(C)(C)C(=O)N[C@H](Cc1cccc2ccccc12)C(=O)NCC(=O)NCC(=O)N[C@H](Cc1ccccc1)C(=O)N[C@H](Cc1cccc2ccccc12)C(=O)C(C)C. The van der Waals surface area contributed by atoms with Crippen molar-refractivity contribution in [1.82, 2.24) is 31.9 Å². The number of benzene rings is 5. The lowest BCUT2D eigenvalue weighted by Gasteiger charge is -2.30. The van der Waals surface area contributed by atoms with Crippen LogP contribution in [0.3, 0.4) is 0 Å². The van der Waals surface area contributed by atoms with Gasteiger partial charge in [-0.2, -0.15) is 0 Å². The van der Waals surface area contributed by atoms with E-state index in [1.165, 1.54) is 0 Å². The second kappa shape index (κ2) is 21.2. The van der Waals surface area contributed by atoms with Crippen LogP contribution in [0.15, 0.2) is 115 Å². The Kier molecular flexibility index (Phi) is 15.9. The van der Waals surface area contributed by atoms with Crippen LogP contribution in [0.25, 0.3) is 21.5 Å². The summed E-state index contributed by atoms with van der Waals surface area (Å²) in [5.74, 6) is -3.30. The standard InChI is InChI=1S/C49H58N6O6/c1-31(2)45(58)40(27-36-22-14-20-34-18-10-12-24-38(34)36)53-47(60)41(26-33-16-8-7-9-17-33)52-44(57)30-50-43(56)29-51-46(59)42(54-48(61)49(5,6)55-32(3)4)28-37-23-15-21-35-19-11-13-25-39(35)37/h7-25,31-32,40-42,55H,26-30H2,1-6H3,(H,50,56)(H,51,59)(H,52,57)(H,53,60)(H,54,61)/t40-,41-,42-/m1/s1. The zero-order valence-electron chi connectivity index (χ0n) is 35.8. The minimum Gasteiger partial charge on any atom is -0.346 e. The van der Waals surface area contributed by atoms with Gasteiger partial charge >= 0.3 is 0 Å². The van der Waals surface area contributed by atoms with E-state index in [2.05, 4.69) is 31.9 Å². The van der Waals surface area contributed by atoms with E-state index in [0.717, 1.165) is 38.2 Å². The summed E-state index contributed by atoms with van der Waals surface area (Å²) in [6, 6.07) is 33.4. The van der Waals surface area contributed by atoms with Gasteiger partial charge in [-0.3, -0.25) is 28.8 Å². The highest BCUT2D eigenvalue weighted by atomic mass is 16.2. The molecule has 0 unspecified atom stereocenters. The number of hydrogen-bond acceptors (Lipinski definition) is 7. The van der Waals surface area contributed by atoms with E-state index >= 15 is 0 Å². The van der Waals surface area contributed by atoms with Gasteiger partial charge in [0.2, 0.25) is 29.5 Å². The molecule has 0 aliphatic rings. The van der Waals surface area contributed by atoms with Crippen molar-refractivity contribution in [2.45, 2.75) is 90.5 Å². The fourth-order valence-electron chi connectivity index (χ4n) is 7.45. The number of ketones is 1. The van der Waals surface area contributed by atoms with Gasteiger partial charge in [0.15, 0.2) is 5.78 Å². The van der Waals surface area contributed by atoms with E-state index < -0.39 is 60.4 Å². The van der Waals surface area contributed by atoms with Gasteiger partial charge in [0, 0.05) is 31.2 Å². The number of amides is 5. The molecule has 0 saturated carbocycles. The Bertz CT molecular complexity index is 2330. The van der Waals surface area contributed by atoms with Crippen LogP contribution in [-0.4, -0.2) is 78.1 Å². The number of fused-ring (bicyclic) bond motifs is 2. The van der Waals surface area contributed by atoms with E-state index in [4.69, 9.17) is 0 Å². The summed E-state index contributed by atoms with van der Waals surface area (Å²) >= 11 is 0. The van der Waals surface area contributed by atoms with E-state index in [1.807, 2.05) is 129 Å². The van der Waals surface area contributed by atoms with Crippen LogP contribution >= 0.6 is 0 Å². The predicted molar refractivity (Wildman–Crippen MR) is 239 cm³/mol.